The van der Waals surface area contributed by atoms with Gasteiger partial charge in [0.15, 0.2) is 0 Å². The van der Waals surface area contributed by atoms with Crippen LogP contribution in [-0.4, -0.2) is 7.11 Å². The summed E-state index contributed by atoms with van der Waals surface area (Å²) in [6.45, 7) is 0. The van der Waals surface area contributed by atoms with Crippen LogP contribution in [0.25, 0.3) is 0 Å². The number of nitrogen functional groups attached to an aromatic ring is 1. The maximum atomic E-state index is 5.56. The van der Waals surface area contributed by atoms with Crippen molar-refractivity contribution in [1.82, 2.24) is 0 Å². The lowest BCUT2D eigenvalue weighted by atomic mass is 10.2. The molecule has 1 rings (SSSR count). The van der Waals surface area contributed by atoms with Crippen LogP contribution in [0.4, 0.5) is 5.69 Å². The predicted molar refractivity (Wildman–Crippen MR) is 45.3 cm³/mol. The second-order valence-corrected chi connectivity index (χ2v) is 2.10. The molecule has 2 nitrogen and oxygen atoms in total. The smallest absolute Gasteiger partial charge is 0.120 e. The Hall–Kier alpha value is -1.62. The lowest BCUT2D eigenvalue weighted by molar-refractivity contribution is 0.415. The average Bonchev–Trinajstić information content (AvgIpc) is 2.05. The van der Waals surface area contributed by atoms with Gasteiger partial charge in [0.25, 0.3) is 0 Å². The van der Waals surface area contributed by atoms with E-state index in [0.29, 0.717) is 11.3 Å². The van der Waals surface area contributed by atoms with Gasteiger partial charge in [-0.2, -0.15) is 0 Å². The highest BCUT2D eigenvalue weighted by Crippen LogP contribution is 2.17. The molecule has 0 spiro atoms. The first kappa shape index (κ1) is 7.49. The molecule has 0 aliphatic rings. The molecule has 0 saturated heterocycles. The van der Waals surface area contributed by atoms with Crippen LogP contribution >= 0.6 is 0 Å². The van der Waals surface area contributed by atoms with E-state index in [1.165, 1.54) is 0 Å². The summed E-state index contributed by atoms with van der Waals surface area (Å²) in [5.74, 6) is 3.19. The Bertz CT molecular complexity index is 299. The van der Waals surface area contributed by atoms with Gasteiger partial charge in [-0.3, -0.25) is 0 Å². The van der Waals surface area contributed by atoms with Gasteiger partial charge in [0.1, 0.15) is 5.75 Å². The number of hydrogen-bond acceptors (Lipinski definition) is 2. The molecule has 0 unspecified atom stereocenters. The van der Waals surface area contributed by atoms with Crippen LogP contribution in [0.1, 0.15) is 5.56 Å². The molecule has 0 aliphatic heterocycles. The van der Waals surface area contributed by atoms with Crippen LogP contribution in [0.15, 0.2) is 18.2 Å². The lowest BCUT2D eigenvalue weighted by Gasteiger charge is -2.01. The molecule has 56 valence electrons. The van der Waals surface area contributed by atoms with Crippen molar-refractivity contribution in [2.75, 3.05) is 12.8 Å². The second kappa shape index (κ2) is 2.98. The maximum Gasteiger partial charge on any atom is 0.120 e. The molecule has 2 heteroatoms. The van der Waals surface area contributed by atoms with Crippen LogP contribution in [0.3, 0.4) is 0 Å². The molecule has 11 heavy (non-hydrogen) atoms. The van der Waals surface area contributed by atoms with Crippen LogP contribution in [-0.2, 0) is 0 Å². The molecular formula is C9H9NO. The third-order valence-electron chi connectivity index (χ3n) is 1.42. The largest absolute Gasteiger partial charge is 0.497 e. The van der Waals surface area contributed by atoms with E-state index in [2.05, 4.69) is 5.92 Å². The highest BCUT2D eigenvalue weighted by molar-refractivity contribution is 5.57. The molecule has 0 saturated carbocycles. The third kappa shape index (κ3) is 1.44. The van der Waals surface area contributed by atoms with E-state index in [1.807, 2.05) is 0 Å². The quantitative estimate of drug-likeness (QED) is 0.479. The predicted octanol–water partition coefficient (Wildman–Crippen LogP) is 1.26. The minimum Gasteiger partial charge on any atom is -0.497 e. The van der Waals surface area contributed by atoms with Gasteiger partial charge in [-0.15, -0.1) is 6.42 Å². The van der Waals surface area contributed by atoms with Crippen LogP contribution < -0.4 is 10.5 Å². The summed E-state index contributed by atoms with van der Waals surface area (Å²) in [6.07, 6.45) is 5.19. The highest BCUT2D eigenvalue weighted by Gasteiger charge is 1.96. The fraction of sp³-hybridized carbons (Fsp3) is 0.111. The molecule has 0 amide bonds. The summed E-state index contributed by atoms with van der Waals surface area (Å²) in [7, 11) is 1.59. The van der Waals surface area contributed by atoms with Gasteiger partial charge in [-0.1, -0.05) is 5.92 Å². The Morgan fingerprint density at radius 1 is 1.55 bits per heavy atom. The first-order chi connectivity index (χ1) is 5.27. The van der Waals surface area contributed by atoms with E-state index in [4.69, 9.17) is 16.9 Å². The number of ether oxygens (including phenoxy) is 1. The van der Waals surface area contributed by atoms with Gasteiger partial charge in [-0.25, -0.2) is 0 Å². The average molecular weight is 147 g/mol. The summed E-state index contributed by atoms with van der Waals surface area (Å²) in [6, 6.07) is 5.24. The fourth-order valence-corrected chi connectivity index (χ4v) is 0.787. The number of methoxy groups -OCH3 is 1. The number of benzene rings is 1. The Balaban J connectivity index is 3.15. The number of hydrogen-bond donors (Lipinski definition) is 1. The van der Waals surface area contributed by atoms with E-state index < -0.39 is 0 Å². The SMILES string of the molecule is C#Cc1cc(OC)ccc1N. The lowest BCUT2D eigenvalue weighted by Crippen LogP contribution is -1.91. The summed E-state index contributed by atoms with van der Waals surface area (Å²) < 4.78 is 4.96. The van der Waals surface area contributed by atoms with E-state index in [1.54, 1.807) is 25.3 Å². The molecule has 0 atom stereocenters. The van der Waals surface area contributed by atoms with Gasteiger partial charge in [0.05, 0.1) is 12.7 Å². The van der Waals surface area contributed by atoms with Crippen LogP contribution in [0.5, 0.6) is 5.75 Å². The van der Waals surface area contributed by atoms with E-state index in [0.717, 1.165) is 5.75 Å². The van der Waals surface area contributed by atoms with E-state index in [9.17, 15) is 0 Å². The number of anilines is 1. The Morgan fingerprint density at radius 2 is 2.27 bits per heavy atom. The monoisotopic (exact) mass is 147 g/mol. The summed E-state index contributed by atoms with van der Waals surface area (Å²) in [5.41, 5.74) is 6.83. The van der Waals surface area contributed by atoms with Crippen LogP contribution in [0, 0.1) is 12.3 Å². The molecule has 1 aromatic rings. The zero-order valence-electron chi connectivity index (χ0n) is 6.29. The Labute approximate surface area is 66.0 Å². The summed E-state index contributed by atoms with van der Waals surface area (Å²) >= 11 is 0. The minimum absolute atomic E-state index is 0.605. The molecule has 0 bridgehead atoms. The molecule has 0 heterocycles. The first-order valence-electron chi connectivity index (χ1n) is 3.18. The Morgan fingerprint density at radius 3 is 2.82 bits per heavy atom. The van der Waals surface area contributed by atoms with Gasteiger partial charge in [0.2, 0.25) is 0 Å². The van der Waals surface area contributed by atoms with Gasteiger partial charge >= 0.3 is 0 Å². The minimum atomic E-state index is 0.605. The first-order valence-corrected chi connectivity index (χ1v) is 3.18. The fourth-order valence-electron chi connectivity index (χ4n) is 0.787. The van der Waals surface area contributed by atoms with Crippen molar-refractivity contribution in [3.63, 3.8) is 0 Å². The molecule has 0 aromatic heterocycles. The molecule has 0 fully saturated rings. The van der Waals surface area contributed by atoms with E-state index >= 15 is 0 Å². The number of nitrogens with two attached hydrogens (primary N) is 1. The topological polar surface area (TPSA) is 35.2 Å². The van der Waals surface area contributed by atoms with Crippen molar-refractivity contribution in [3.05, 3.63) is 23.8 Å². The van der Waals surface area contributed by atoms with Crippen molar-refractivity contribution < 1.29 is 4.74 Å². The molecule has 2 N–H and O–H groups in total. The molecule has 1 aromatic carbocycles. The Kier molecular flexibility index (Phi) is 2.03. The third-order valence-corrected chi connectivity index (χ3v) is 1.42. The maximum absolute atomic E-state index is 5.56. The van der Waals surface area contributed by atoms with Crippen molar-refractivity contribution in [2.45, 2.75) is 0 Å². The molecule has 0 radical (unpaired) electrons. The standard InChI is InChI=1S/C9H9NO/c1-3-7-6-8(11-2)4-5-9(7)10/h1,4-6H,10H2,2H3. The molecule has 0 aliphatic carbocycles. The normalized spacial score (nSPS) is 8.73. The van der Waals surface area contributed by atoms with Gasteiger partial charge in [-0.05, 0) is 18.2 Å². The highest BCUT2D eigenvalue weighted by atomic mass is 16.5. The van der Waals surface area contributed by atoms with Gasteiger partial charge < -0.3 is 10.5 Å². The zero-order valence-corrected chi connectivity index (χ0v) is 6.29. The number of rotatable bonds is 1. The van der Waals surface area contributed by atoms with Crippen LogP contribution in [0.2, 0.25) is 0 Å². The van der Waals surface area contributed by atoms with Crippen molar-refractivity contribution >= 4 is 5.69 Å². The van der Waals surface area contributed by atoms with Crippen molar-refractivity contribution in [2.24, 2.45) is 0 Å². The molecular weight excluding hydrogens is 138 g/mol. The van der Waals surface area contributed by atoms with Crippen molar-refractivity contribution in [3.8, 4) is 18.1 Å². The second-order valence-electron chi connectivity index (χ2n) is 2.10. The summed E-state index contributed by atoms with van der Waals surface area (Å²) in [5, 5.41) is 0. The van der Waals surface area contributed by atoms with Crippen molar-refractivity contribution in [1.29, 1.82) is 0 Å². The summed E-state index contributed by atoms with van der Waals surface area (Å²) in [4.78, 5) is 0. The zero-order chi connectivity index (χ0) is 8.27. The van der Waals surface area contributed by atoms with E-state index in [-0.39, 0.29) is 0 Å². The van der Waals surface area contributed by atoms with Gasteiger partial charge in [0, 0.05) is 5.69 Å². The number of terminal acetylenes is 1.